The Kier molecular flexibility index (Phi) is 6.66. The molecule has 1 heterocycles. The van der Waals surface area contributed by atoms with Gasteiger partial charge in [0.05, 0.1) is 29.4 Å². The van der Waals surface area contributed by atoms with Crippen LogP contribution in [0.1, 0.15) is 79.2 Å². The van der Waals surface area contributed by atoms with Crippen LogP contribution in [-0.4, -0.2) is 85.9 Å². The monoisotopic (exact) mass is 541 g/mol. The van der Waals surface area contributed by atoms with Gasteiger partial charge >= 0.3 is 0 Å². The Morgan fingerprint density at radius 1 is 1.18 bits per heavy atom. The summed E-state index contributed by atoms with van der Waals surface area (Å²) in [7, 11) is 0. The minimum Gasteiger partial charge on any atom is -0.507 e. The van der Waals surface area contributed by atoms with Gasteiger partial charge < -0.3 is 40.7 Å². The van der Waals surface area contributed by atoms with E-state index in [9.17, 15) is 44.7 Å². The SMILES string of the molecule is CC1O[C@@H](O[C@H]2C[C@](O)(C(=O)CO)Cc3c(O)c4c(c(O)c32)C(=O)c2c(C=O)cccc2C4=O)C[C@H](N)[C@H]1O. The molecule has 0 amide bonds. The molecule has 0 radical (unpaired) electrons. The van der Waals surface area contributed by atoms with Gasteiger partial charge in [-0.2, -0.15) is 0 Å². The number of aldehydes is 1. The van der Waals surface area contributed by atoms with Gasteiger partial charge in [0.2, 0.25) is 0 Å². The average Bonchev–Trinajstić information content (AvgIpc) is 2.90. The number of ketones is 3. The molecular formula is C27H27NO11. The van der Waals surface area contributed by atoms with E-state index in [1.807, 2.05) is 0 Å². The highest BCUT2D eigenvalue weighted by molar-refractivity contribution is 6.32. The molecule has 2 aliphatic carbocycles. The predicted octanol–water partition coefficient (Wildman–Crippen LogP) is -0.195. The summed E-state index contributed by atoms with van der Waals surface area (Å²) in [6.45, 7) is 0.524. The number of fused-ring (bicyclic) bond motifs is 3. The van der Waals surface area contributed by atoms with E-state index in [1.54, 1.807) is 6.92 Å². The number of aliphatic hydroxyl groups is 3. The largest absolute Gasteiger partial charge is 0.507 e. The Morgan fingerprint density at radius 3 is 2.51 bits per heavy atom. The van der Waals surface area contributed by atoms with E-state index in [1.165, 1.54) is 18.2 Å². The third-order valence-electron chi connectivity index (χ3n) is 7.78. The first-order valence-electron chi connectivity index (χ1n) is 12.3. The smallest absolute Gasteiger partial charge is 0.199 e. The second-order valence-corrected chi connectivity index (χ2v) is 10.2. The van der Waals surface area contributed by atoms with Crippen LogP contribution in [0.4, 0.5) is 0 Å². The van der Waals surface area contributed by atoms with E-state index in [-0.39, 0.29) is 34.2 Å². The lowest BCUT2D eigenvalue weighted by atomic mass is 9.71. The number of aromatic hydroxyl groups is 2. The van der Waals surface area contributed by atoms with Gasteiger partial charge in [0.25, 0.3) is 0 Å². The number of phenols is 2. The molecule has 1 fully saturated rings. The third-order valence-corrected chi connectivity index (χ3v) is 7.78. The molecule has 1 saturated heterocycles. The highest BCUT2D eigenvalue weighted by atomic mass is 16.7. The van der Waals surface area contributed by atoms with Crippen LogP contribution in [0, 0.1) is 0 Å². The van der Waals surface area contributed by atoms with Crippen molar-refractivity contribution >= 4 is 23.6 Å². The summed E-state index contributed by atoms with van der Waals surface area (Å²) in [5.41, 5.74) is 1.77. The highest BCUT2D eigenvalue weighted by Gasteiger charge is 2.50. The molecule has 0 spiro atoms. The summed E-state index contributed by atoms with van der Waals surface area (Å²) in [6.07, 6.45) is -4.91. The molecule has 206 valence electrons. The highest BCUT2D eigenvalue weighted by Crippen LogP contribution is 2.52. The number of benzene rings is 2. The number of aliphatic hydroxyl groups excluding tert-OH is 2. The zero-order valence-electron chi connectivity index (χ0n) is 20.8. The van der Waals surface area contributed by atoms with Gasteiger partial charge in [0.15, 0.2) is 29.9 Å². The molecule has 12 heteroatoms. The molecule has 6 atom stereocenters. The van der Waals surface area contributed by atoms with E-state index in [0.717, 1.165) is 0 Å². The molecule has 2 aromatic rings. The van der Waals surface area contributed by atoms with E-state index in [2.05, 4.69) is 0 Å². The molecule has 1 aliphatic heterocycles. The van der Waals surface area contributed by atoms with Crippen LogP contribution >= 0.6 is 0 Å². The Bertz CT molecular complexity index is 1410. The van der Waals surface area contributed by atoms with Gasteiger partial charge in [-0.3, -0.25) is 19.2 Å². The lowest BCUT2D eigenvalue weighted by molar-refractivity contribution is -0.247. The number of phenolic OH excluding ortho intramolecular Hbond substituents is 2. The van der Waals surface area contributed by atoms with Crippen LogP contribution in [0.25, 0.3) is 0 Å². The second kappa shape index (κ2) is 9.59. The average molecular weight is 542 g/mol. The van der Waals surface area contributed by atoms with Crippen LogP contribution in [0.3, 0.4) is 0 Å². The van der Waals surface area contributed by atoms with E-state index >= 15 is 0 Å². The molecule has 1 unspecified atom stereocenters. The molecule has 2 aromatic carbocycles. The van der Waals surface area contributed by atoms with Crippen LogP contribution in [0.5, 0.6) is 11.5 Å². The fraction of sp³-hybridized carbons (Fsp3) is 0.407. The number of nitrogens with two attached hydrogens (primary N) is 1. The summed E-state index contributed by atoms with van der Waals surface area (Å²) >= 11 is 0. The van der Waals surface area contributed by atoms with Crippen molar-refractivity contribution in [2.24, 2.45) is 5.73 Å². The molecule has 0 saturated carbocycles. The van der Waals surface area contributed by atoms with E-state index < -0.39 is 95.7 Å². The van der Waals surface area contributed by atoms with Gasteiger partial charge in [-0.25, -0.2) is 0 Å². The van der Waals surface area contributed by atoms with E-state index in [0.29, 0.717) is 6.29 Å². The zero-order valence-corrected chi connectivity index (χ0v) is 20.8. The van der Waals surface area contributed by atoms with Gasteiger partial charge in [-0.15, -0.1) is 0 Å². The van der Waals surface area contributed by atoms with Crippen molar-refractivity contribution in [3.63, 3.8) is 0 Å². The molecule has 0 bridgehead atoms. The number of rotatable bonds is 5. The fourth-order valence-electron chi connectivity index (χ4n) is 5.74. The maximum absolute atomic E-state index is 13.6. The normalized spacial score (nSPS) is 29.8. The van der Waals surface area contributed by atoms with Crippen LogP contribution in [-0.2, 0) is 20.7 Å². The van der Waals surface area contributed by atoms with Gasteiger partial charge in [0, 0.05) is 53.1 Å². The standard InChI is InChI=1S/C27H27NO11/c1-10-22(32)14(28)5-17(38-10)39-15-7-27(37,16(31)9-30)6-13-19(15)26(36)21-20(24(13)34)23(33)12-4-2-3-11(8-29)18(12)25(21)35/h2-4,8,10,14-15,17,22,30,32,34,36-37H,5-7,9,28H2,1H3/t10?,14-,15-,17-,22-,27-/m0/s1. The van der Waals surface area contributed by atoms with Gasteiger partial charge in [-0.05, 0) is 6.92 Å². The minimum atomic E-state index is -2.27. The summed E-state index contributed by atoms with van der Waals surface area (Å²) in [4.78, 5) is 51.2. The first kappa shape index (κ1) is 27.1. The number of hydrogen-bond donors (Lipinski definition) is 6. The van der Waals surface area contributed by atoms with Crippen molar-refractivity contribution in [2.45, 2.75) is 62.4 Å². The van der Waals surface area contributed by atoms with Crippen molar-refractivity contribution in [1.29, 1.82) is 0 Å². The Morgan fingerprint density at radius 2 is 1.87 bits per heavy atom. The van der Waals surface area contributed by atoms with Crippen molar-refractivity contribution in [3.05, 3.63) is 57.1 Å². The number of carbonyl (C=O) groups is 4. The molecule has 7 N–H and O–H groups in total. The summed E-state index contributed by atoms with van der Waals surface area (Å²) in [5.74, 6) is -4.19. The minimum absolute atomic E-state index is 0.00507. The maximum atomic E-state index is 13.6. The molecular weight excluding hydrogens is 514 g/mol. The van der Waals surface area contributed by atoms with Gasteiger partial charge in [-0.1, -0.05) is 18.2 Å². The Labute approximate surface area is 221 Å². The first-order chi connectivity index (χ1) is 18.4. The van der Waals surface area contributed by atoms with Crippen LogP contribution < -0.4 is 5.73 Å². The third kappa shape index (κ3) is 4.07. The number of ether oxygens (including phenoxy) is 2. The second-order valence-electron chi connectivity index (χ2n) is 10.2. The van der Waals surface area contributed by atoms with Crippen molar-refractivity contribution in [1.82, 2.24) is 0 Å². The van der Waals surface area contributed by atoms with Crippen molar-refractivity contribution in [3.8, 4) is 11.5 Å². The number of carbonyl (C=O) groups excluding carboxylic acids is 4. The number of Topliss-reactive ketones (excluding diaryl/α,β-unsaturated/α-hetero) is 1. The van der Waals surface area contributed by atoms with Crippen molar-refractivity contribution in [2.75, 3.05) is 6.61 Å². The zero-order chi connectivity index (χ0) is 28.4. The quantitative estimate of drug-likeness (QED) is 0.183. The van der Waals surface area contributed by atoms with Crippen molar-refractivity contribution < 1.29 is 54.2 Å². The lowest BCUT2D eigenvalue weighted by Gasteiger charge is -2.42. The topological polar surface area (TPSA) is 214 Å². The molecule has 5 rings (SSSR count). The van der Waals surface area contributed by atoms with Gasteiger partial charge in [0.1, 0.15) is 23.7 Å². The predicted molar refractivity (Wildman–Crippen MR) is 131 cm³/mol. The van der Waals surface area contributed by atoms with E-state index in [4.69, 9.17) is 15.2 Å². The van der Waals surface area contributed by atoms with Crippen LogP contribution in [0.2, 0.25) is 0 Å². The summed E-state index contributed by atoms with van der Waals surface area (Å²) in [5, 5.41) is 53.6. The summed E-state index contributed by atoms with van der Waals surface area (Å²) in [6, 6.07) is 3.29. The maximum Gasteiger partial charge on any atom is 0.199 e. The molecule has 3 aliphatic rings. The molecule has 12 nitrogen and oxygen atoms in total. The van der Waals surface area contributed by atoms with Crippen LogP contribution in [0.15, 0.2) is 18.2 Å². The Balaban J connectivity index is 1.69. The first-order valence-corrected chi connectivity index (χ1v) is 12.3. The molecule has 0 aromatic heterocycles. The Hall–Kier alpha value is -3.52. The fourth-order valence-corrected chi connectivity index (χ4v) is 5.74. The lowest BCUT2D eigenvalue weighted by Crippen LogP contribution is -2.53. The number of hydrogen-bond acceptors (Lipinski definition) is 12. The summed E-state index contributed by atoms with van der Waals surface area (Å²) < 4.78 is 11.7. The molecule has 39 heavy (non-hydrogen) atoms.